The summed E-state index contributed by atoms with van der Waals surface area (Å²) in [4.78, 5) is 0. The standard InChI is InChI=1S/C14H26N2/c1-5-8-11-14(4)15-16(12-9-6-2)13-10-7-3/h6-7,9-10H,5,8,11-13H2,1-4H3. The quantitative estimate of drug-likeness (QED) is 0.344. The lowest BCUT2D eigenvalue weighted by Crippen LogP contribution is -2.19. The van der Waals surface area contributed by atoms with Crippen molar-refractivity contribution in [3.8, 4) is 0 Å². The predicted molar refractivity (Wildman–Crippen MR) is 73.8 cm³/mol. The molecule has 16 heavy (non-hydrogen) atoms. The fourth-order valence-corrected chi connectivity index (χ4v) is 1.33. The molecule has 0 saturated carbocycles. The molecule has 0 amide bonds. The number of unbranched alkanes of at least 4 members (excludes halogenated alkanes) is 1. The van der Waals surface area contributed by atoms with Gasteiger partial charge in [-0.05, 0) is 33.6 Å². The highest BCUT2D eigenvalue weighted by Crippen LogP contribution is 2.00. The highest BCUT2D eigenvalue weighted by Gasteiger charge is 1.97. The molecule has 0 aliphatic rings. The molecule has 0 unspecified atom stereocenters. The predicted octanol–water partition coefficient (Wildman–Crippen LogP) is 4.01. The molecule has 2 heteroatoms. The molecule has 0 atom stereocenters. The van der Waals surface area contributed by atoms with Crippen molar-refractivity contribution in [3.05, 3.63) is 24.3 Å². The van der Waals surface area contributed by atoms with Crippen LogP contribution in [0.15, 0.2) is 29.4 Å². The van der Waals surface area contributed by atoms with E-state index < -0.39 is 0 Å². The molecule has 2 nitrogen and oxygen atoms in total. The SMILES string of the molecule is CC=CCN(CC=CC)N=C(C)CCCC. The third kappa shape index (κ3) is 8.27. The second-order valence-corrected chi connectivity index (χ2v) is 3.95. The van der Waals surface area contributed by atoms with Crippen LogP contribution in [-0.2, 0) is 0 Å². The van der Waals surface area contributed by atoms with E-state index in [2.05, 4.69) is 48.3 Å². The fourth-order valence-electron chi connectivity index (χ4n) is 1.33. The second kappa shape index (κ2) is 10.5. The van der Waals surface area contributed by atoms with E-state index in [1.165, 1.54) is 18.6 Å². The zero-order chi connectivity index (χ0) is 12.2. The second-order valence-electron chi connectivity index (χ2n) is 3.95. The van der Waals surface area contributed by atoms with E-state index in [0.29, 0.717) is 0 Å². The van der Waals surface area contributed by atoms with E-state index in [4.69, 9.17) is 0 Å². The monoisotopic (exact) mass is 222 g/mol. The smallest absolute Gasteiger partial charge is 0.0544 e. The van der Waals surface area contributed by atoms with Crippen LogP contribution < -0.4 is 0 Å². The van der Waals surface area contributed by atoms with Crippen LogP contribution in [0.5, 0.6) is 0 Å². The van der Waals surface area contributed by atoms with Gasteiger partial charge in [-0.1, -0.05) is 37.6 Å². The fraction of sp³-hybridized carbons (Fsp3) is 0.643. The van der Waals surface area contributed by atoms with Crippen molar-refractivity contribution in [1.82, 2.24) is 5.01 Å². The van der Waals surface area contributed by atoms with Crippen LogP contribution in [0.2, 0.25) is 0 Å². The van der Waals surface area contributed by atoms with E-state index in [9.17, 15) is 0 Å². The Bertz CT molecular complexity index is 225. The van der Waals surface area contributed by atoms with Gasteiger partial charge < -0.3 is 0 Å². The number of allylic oxidation sites excluding steroid dienone is 2. The molecular formula is C14H26N2. The van der Waals surface area contributed by atoms with Crippen molar-refractivity contribution < 1.29 is 0 Å². The lowest BCUT2D eigenvalue weighted by molar-refractivity contribution is 0.354. The molecule has 0 aromatic rings. The maximum absolute atomic E-state index is 4.64. The van der Waals surface area contributed by atoms with Gasteiger partial charge in [-0.15, -0.1) is 0 Å². The molecule has 0 aromatic heterocycles. The van der Waals surface area contributed by atoms with Crippen molar-refractivity contribution in [2.24, 2.45) is 5.10 Å². The minimum Gasteiger partial charge on any atom is -0.290 e. The Morgan fingerprint density at radius 1 is 1.12 bits per heavy atom. The third-order valence-electron chi connectivity index (χ3n) is 2.31. The number of hydrogen-bond donors (Lipinski definition) is 0. The normalized spacial score (nSPS) is 12.9. The molecule has 0 N–H and O–H groups in total. The van der Waals surface area contributed by atoms with Crippen LogP contribution in [-0.4, -0.2) is 23.8 Å². The Hall–Kier alpha value is -1.05. The van der Waals surface area contributed by atoms with Gasteiger partial charge >= 0.3 is 0 Å². The van der Waals surface area contributed by atoms with Gasteiger partial charge in [-0.2, -0.15) is 5.10 Å². The molecule has 0 radical (unpaired) electrons. The first-order valence-electron chi connectivity index (χ1n) is 6.25. The summed E-state index contributed by atoms with van der Waals surface area (Å²) in [5, 5.41) is 6.74. The zero-order valence-corrected chi connectivity index (χ0v) is 11.2. The number of rotatable bonds is 8. The summed E-state index contributed by atoms with van der Waals surface area (Å²) in [5.74, 6) is 0. The third-order valence-corrected chi connectivity index (χ3v) is 2.31. The van der Waals surface area contributed by atoms with E-state index in [-0.39, 0.29) is 0 Å². The van der Waals surface area contributed by atoms with Gasteiger partial charge in [-0.25, -0.2) is 0 Å². The largest absolute Gasteiger partial charge is 0.290 e. The molecule has 0 spiro atoms. The lowest BCUT2D eigenvalue weighted by atomic mass is 10.2. The van der Waals surface area contributed by atoms with Gasteiger partial charge in [0, 0.05) is 5.71 Å². The summed E-state index contributed by atoms with van der Waals surface area (Å²) in [6, 6.07) is 0. The van der Waals surface area contributed by atoms with E-state index in [1.54, 1.807) is 0 Å². The average molecular weight is 222 g/mol. The maximum Gasteiger partial charge on any atom is 0.0544 e. The zero-order valence-electron chi connectivity index (χ0n) is 11.2. The summed E-state index contributed by atoms with van der Waals surface area (Å²) < 4.78 is 0. The van der Waals surface area contributed by atoms with Crippen molar-refractivity contribution in [2.75, 3.05) is 13.1 Å². The van der Waals surface area contributed by atoms with Crippen LogP contribution in [0.3, 0.4) is 0 Å². The molecule has 0 rings (SSSR count). The number of nitrogens with zero attached hydrogens (tertiary/aromatic N) is 2. The molecular weight excluding hydrogens is 196 g/mol. The summed E-state index contributed by atoms with van der Waals surface area (Å²) in [7, 11) is 0. The molecule has 0 aliphatic heterocycles. The van der Waals surface area contributed by atoms with Gasteiger partial charge in [-0.3, -0.25) is 5.01 Å². The van der Waals surface area contributed by atoms with Gasteiger partial charge in [0.05, 0.1) is 13.1 Å². The molecule has 92 valence electrons. The van der Waals surface area contributed by atoms with Crippen molar-refractivity contribution >= 4 is 5.71 Å². The summed E-state index contributed by atoms with van der Waals surface area (Å²) >= 11 is 0. The average Bonchev–Trinajstić information content (AvgIpc) is 2.30. The minimum atomic E-state index is 0.893. The molecule has 0 aliphatic carbocycles. The Morgan fingerprint density at radius 2 is 1.69 bits per heavy atom. The van der Waals surface area contributed by atoms with E-state index in [1.807, 2.05) is 13.8 Å². The maximum atomic E-state index is 4.64. The Morgan fingerprint density at radius 3 is 2.12 bits per heavy atom. The van der Waals surface area contributed by atoms with Crippen LogP contribution in [0.1, 0.15) is 47.0 Å². The molecule has 0 bridgehead atoms. The van der Waals surface area contributed by atoms with Gasteiger partial charge in [0.1, 0.15) is 0 Å². The van der Waals surface area contributed by atoms with Crippen molar-refractivity contribution in [3.63, 3.8) is 0 Å². The lowest BCUT2D eigenvalue weighted by Gasteiger charge is -2.16. The van der Waals surface area contributed by atoms with Crippen molar-refractivity contribution in [2.45, 2.75) is 47.0 Å². The Kier molecular flexibility index (Phi) is 9.78. The first-order valence-corrected chi connectivity index (χ1v) is 6.25. The molecule has 0 aromatic carbocycles. The van der Waals surface area contributed by atoms with Gasteiger partial charge in [0.25, 0.3) is 0 Å². The minimum absolute atomic E-state index is 0.893. The van der Waals surface area contributed by atoms with Crippen LogP contribution in [0.25, 0.3) is 0 Å². The summed E-state index contributed by atoms with van der Waals surface area (Å²) in [6.45, 7) is 10.2. The highest BCUT2D eigenvalue weighted by molar-refractivity contribution is 5.81. The van der Waals surface area contributed by atoms with Crippen molar-refractivity contribution in [1.29, 1.82) is 0 Å². The Labute approximate surface area is 101 Å². The molecule has 0 fully saturated rings. The van der Waals surface area contributed by atoms with E-state index >= 15 is 0 Å². The van der Waals surface area contributed by atoms with Gasteiger partial charge in [0.15, 0.2) is 0 Å². The molecule has 0 heterocycles. The van der Waals surface area contributed by atoms with E-state index in [0.717, 1.165) is 19.5 Å². The topological polar surface area (TPSA) is 15.6 Å². The molecule has 0 saturated heterocycles. The first kappa shape index (κ1) is 14.9. The first-order chi connectivity index (χ1) is 7.74. The Balaban J connectivity index is 4.25. The van der Waals surface area contributed by atoms with Crippen LogP contribution in [0, 0.1) is 0 Å². The van der Waals surface area contributed by atoms with Gasteiger partial charge in [0.2, 0.25) is 0 Å². The summed E-state index contributed by atoms with van der Waals surface area (Å²) in [5.41, 5.74) is 1.23. The highest BCUT2D eigenvalue weighted by atomic mass is 15.4. The van der Waals surface area contributed by atoms with Crippen LogP contribution in [0.4, 0.5) is 0 Å². The number of hydrazone groups is 1. The number of hydrogen-bond acceptors (Lipinski definition) is 2. The summed E-state index contributed by atoms with van der Waals surface area (Å²) in [6.07, 6.45) is 12.0. The van der Waals surface area contributed by atoms with Crippen LogP contribution >= 0.6 is 0 Å².